The van der Waals surface area contributed by atoms with Gasteiger partial charge >= 0.3 is 5.97 Å². The summed E-state index contributed by atoms with van der Waals surface area (Å²) in [5.74, 6) is 2.20. The number of benzene rings is 1. The van der Waals surface area contributed by atoms with Crippen LogP contribution in [0.3, 0.4) is 0 Å². The monoisotopic (exact) mass is 463 g/mol. The molecule has 0 unspecified atom stereocenters. The highest BCUT2D eigenvalue weighted by atomic mass is 16.5. The Kier molecular flexibility index (Phi) is 11.2. The van der Waals surface area contributed by atoms with Crippen molar-refractivity contribution in [3.8, 4) is 11.5 Å². The third-order valence-corrected chi connectivity index (χ3v) is 6.72. The minimum atomic E-state index is -0.0727. The van der Waals surface area contributed by atoms with Crippen molar-refractivity contribution in [2.45, 2.75) is 84.5 Å². The number of hydrogen-bond donors (Lipinski definition) is 0. The number of hydrogen-bond acceptors (Lipinski definition) is 4. The first-order valence-corrected chi connectivity index (χ1v) is 13.3. The van der Waals surface area contributed by atoms with Crippen LogP contribution in [0.15, 0.2) is 42.6 Å². The second-order valence-electron chi connectivity index (χ2n) is 9.51. The van der Waals surface area contributed by atoms with Gasteiger partial charge in [-0.05, 0) is 73.9 Å². The Hall–Kier alpha value is -2.62. The second-order valence-corrected chi connectivity index (χ2v) is 9.51. The lowest BCUT2D eigenvalue weighted by Gasteiger charge is -2.27. The number of pyridine rings is 1. The fourth-order valence-corrected chi connectivity index (χ4v) is 4.52. The molecule has 1 saturated carbocycles. The molecule has 1 fully saturated rings. The van der Waals surface area contributed by atoms with Gasteiger partial charge < -0.3 is 9.47 Å². The lowest BCUT2D eigenvalue weighted by molar-refractivity contribution is -0.140. The summed E-state index contributed by atoms with van der Waals surface area (Å²) >= 11 is 0. The summed E-state index contributed by atoms with van der Waals surface area (Å²) in [5, 5.41) is 0. The fraction of sp³-hybridized carbons (Fsp3) is 0.533. The molecule has 0 bridgehead atoms. The van der Waals surface area contributed by atoms with Crippen LogP contribution in [0.2, 0.25) is 0 Å². The molecule has 2 aromatic rings. The van der Waals surface area contributed by atoms with E-state index in [0.717, 1.165) is 61.6 Å². The number of rotatable bonds is 13. The van der Waals surface area contributed by atoms with E-state index in [1.807, 2.05) is 48.6 Å². The SMILES string of the molecule is CCCCCOc1ccc(/C=C/c2ccc(OC(=O)C3CCC(CCCCC)CC3)cc2)nc1. The van der Waals surface area contributed by atoms with E-state index in [1.54, 1.807) is 6.20 Å². The van der Waals surface area contributed by atoms with Crippen LogP contribution < -0.4 is 9.47 Å². The van der Waals surface area contributed by atoms with Crippen molar-refractivity contribution >= 4 is 18.1 Å². The summed E-state index contributed by atoms with van der Waals surface area (Å²) in [6.45, 7) is 5.17. The van der Waals surface area contributed by atoms with Crippen molar-refractivity contribution in [3.63, 3.8) is 0 Å². The van der Waals surface area contributed by atoms with E-state index in [-0.39, 0.29) is 11.9 Å². The van der Waals surface area contributed by atoms with Crippen LogP contribution in [-0.4, -0.2) is 17.6 Å². The van der Waals surface area contributed by atoms with Gasteiger partial charge in [0.05, 0.1) is 24.4 Å². The Morgan fingerprint density at radius 2 is 1.59 bits per heavy atom. The zero-order chi connectivity index (χ0) is 24.0. The van der Waals surface area contributed by atoms with Gasteiger partial charge in [0.25, 0.3) is 0 Å². The molecule has 1 aromatic carbocycles. The summed E-state index contributed by atoms with van der Waals surface area (Å²) in [5.41, 5.74) is 1.91. The number of esters is 1. The highest BCUT2D eigenvalue weighted by Crippen LogP contribution is 2.33. The van der Waals surface area contributed by atoms with Crippen molar-refractivity contribution in [2.75, 3.05) is 6.61 Å². The summed E-state index contributed by atoms with van der Waals surface area (Å²) in [7, 11) is 0. The lowest BCUT2D eigenvalue weighted by atomic mass is 9.80. The molecule has 0 N–H and O–H groups in total. The van der Waals surface area contributed by atoms with Crippen LogP contribution in [0.4, 0.5) is 0 Å². The molecule has 1 heterocycles. The first-order chi connectivity index (χ1) is 16.7. The van der Waals surface area contributed by atoms with E-state index >= 15 is 0 Å². The highest BCUT2D eigenvalue weighted by Gasteiger charge is 2.27. The van der Waals surface area contributed by atoms with Gasteiger partial charge in [-0.15, -0.1) is 0 Å². The topological polar surface area (TPSA) is 48.4 Å². The second kappa shape index (κ2) is 14.6. The van der Waals surface area contributed by atoms with E-state index < -0.39 is 0 Å². The molecule has 1 aromatic heterocycles. The Labute approximate surface area is 205 Å². The van der Waals surface area contributed by atoms with Crippen molar-refractivity contribution in [1.29, 1.82) is 0 Å². The van der Waals surface area contributed by atoms with Gasteiger partial charge in [0.2, 0.25) is 0 Å². The van der Waals surface area contributed by atoms with E-state index in [2.05, 4.69) is 18.8 Å². The quantitative estimate of drug-likeness (QED) is 0.171. The van der Waals surface area contributed by atoms with Gasteiger partial charge in [-0.25, -0.2) is 0 Å². The molecule has 1 aliphatic carbocycles. The number of carbonyl (C=O) groups excluding carboxylic acids is 1. The summed E-state index contributed by atoms with van der Waals surface area (Å²) < 4.78 is 11.4. The molecular formula is C30H41NO3. The Morgan fingerprint density at radius 1 is 0.882 bits per heavy atom. The molecule has 0 amide bonds. The average molecular weight is 464 g/mol. The molecule has 34 heavy (non-hydrogen) atoms. The van der Waals surface area contributed by atoms with Crippen molar-refractivity contribution in [2.24, 2.45) is 11.8 Å². The first-order valence-electron chi connectivity index (χ1n) is 13.3. The maximum absolute atomic E-state index is 12.6. The van der Waals surface area contributed by atoms with Crippen LogP contribution in [0.5, 0.6) is 11.5 Å². The van der Waals surface area contributed by atoms with Gasteiger partial charge in [0.1, 0.15) is 11.5 Å². The van der Waals surface area contributed by atoms with Crippen LogP contribution >= 0.6 is 0 Å². The predicted octanol–water partition coefficient (Wildman–Crippen LogP) is 8.11. The number of nitrogens with zero attached hydrogens (tertiary/aromatic N) is 1. The van der Waals surface area contributed by atoms with Crippen molar-refractivity contribution in [3.05, 3.63) is 53.9 Å². The largest absolute Gasteiger partial charge is 0.492 e. The van der Waals surface area contributed by atoms with Gasteiger partial charge in [0, 0.05) is 0 Å². The number of ether oxygens (including phenoxy) is 2. The van der Waals surface area contributed by atoms with E-state index in [4.69, 9.17) is 9.47 Å². The molecule has 4 heteroatoms. The van der Waals surface area contributed by atoms with E-state index in [9.17, 15) is 4.79 Å². The standard InChI is InChI=1S/C30H41NO3/c1-3-5-7-9-24-10-15-26(16-11-24)30(32)34-28-19-13-25(14-20-28)12-17-27-18-21-29(23-31-27)33-22-8-6-4-2/h12-14,17-21,23-24,26H,3-11,15-16,22H2,1-2H3/b17-12+. The molecule has 184 valence electrons. The lowest BCUT2D eigenvalue weighted by Crippen LogP contribution is -2.25. The summed E-state index contributed by atoms with van der Waals surface area (Å²) in [6.07, 6.45) is 18.7. The highest BCUT2D eigenvalue weighted by molar-refractivity contribution is 5.75. The predicted molar refractivity (Wildman–Crippen MR) is 140 cm³/mol. The molecule has 0 saturated heterocycles. The Bertz CT molecular complexity index is 865. The van der Waals surface area contributed by atoms with Gasteiger partial charge in [-0.1, -0.05) is 70.6 Å². The minimum absolute atomic E-state index is 0.0478. The minimum Gasteiger partial charge on any atom is -0.492 e. The van der Waals surface area contributed by atoms with Crippen molar-refractivity contribution in [1.82, 2.24) is 4.98 Å². The normalized spacial score (nSPS) is 18.2. The summed E-state index contributed by atoms with van der Waals surface area (Å²) in [4.78, 5) is 17.0. The van der Waals surface area contributed by atoms with Crippen molar-refractivity contribution < 1.29 is 14.3 Å². The fourth-order valence-electron chi connectivity index (χ4n) is 4.52. The molecule has 3 rings (SSSR count). The molecule has 0 atom stereocenters. The molecule has 0 spiro atoms. The van der Waals surface area contributed by atoms with Crippen LogP contribution in [0.25, 0.3) is 12.2 Å². The molecule has 0 aliphatic heterocycles. The molecular weight excluding hydrogens is 422 g/mol. The van der Waals surface area contributed by atoms with Gasteiger partial charge in [-0.2, -0.15) is 0 Å². The summed E-state index contributed by atoms with van der Waals surface area (Å²) in [6, 6.07) is 11.6. The van der Waals surface area contributed by atoms with Gasteiger partial charge in [-0.3, -0.25) is 9.78 Å². The number of unbranched alkanes of at least 4 members (excludes halogenated alkanes) is 4. The molecule has 0 radical (unpaired) electrons. The molecule has 4 nitrogen and oxygen atoms in total. The van der Waals surface area contributed by atoms with Crippen LogP contribution in [0.1, 0.15) is 95.7 Å². The van der Waals surface area contributed by atoms with Crippen LogP contribution in [0, 0.1) is 11.8 Å². The maximum atomic E-state index is 12.6. The Morgan fingerprint density at radius 3 is 2.26 bits per heavy atom. The van der Waals surface area contributed by atoms with Gasteiger partial charge in [0.15, 0.2) is 0 Å². The molecule has 1 aliphatic rings. The van der Waals surface area contributed by atoms with Crippen LogP contribution in [-0.2, 0) is 4.79 Å². The zero-order valence-corrected chi connectivity index (χ0v) is 21.0. The Balaban J connectivity index is 1.41. The van der Waals surface area contributed by atoms with E-state index in [0.29, 0.717) is 5.75 Å². The third-order valence-electron chi connectivity index (χ3n) is 6.72. The first kappa shape index (κ1) is 26.0. The van der Waals surface area contributed by atoms with E-state index in [1.165, 1.54) is 38.5 Å². The number of carbonyl (C=O) groups is 1. The maximum Gasteiger partial charge on any atom is 0.314 e. The zero-order valence-electron chi connectivity index (χ0n) is 21.0. The number of aromatic nitrogens is 1. The smallest absolute Gasteiger partial charge is 0.314 e. The third kappa shape index (κ3) is 8.96. The average Bonchev–Trinajstić information content (AvgIpc) is 2.87.